The van der Waals surface area contributed by atoms with Crippen molar-refractivity contribution in [2.24, 2.45) is 0 Å². The van der Waals surface area contributed by atoms with Crippen LogP contribution in [0, 0.1) is 0 Å². The molecule has 0 saturated carbocycles. The van der Waals surface area contributed by atoms with E-state index in [-0.39, 0.29) is 0 Å². The Morgan fingerprint density at radius 1 is 1.31 bits per heavy atom. The molecule has 0 N–H and O–H groups in total. The Bertz CT molecular complexity index is 253. The van der Waals surface area contributed by atoms with Crippen molar-refractivity contribution in [3.63, 3.8) is 0 Å². The van der Waals surface area contributed by atoms with Gasteiger partial charge in [0, 0.05) is 13.6 Å². The van der Waals surface area contributed by atoms with Crippen molar-refractivity contribution in [3.05, 3.63) is 18.1 Å². The van der Waals surface area contributed by atoms with Gasteiger partial charge < -0.3 is 4.90 Å². The van der Waals surface area contributed by atoms with Gasteiger partial charge in [0.2, 0.25) is 0 Å². The van der Waals surface area contributed by atoms with Crippen LogP contribution in [0.4, 0.5) is 5.82 Å². The van der Waals surface area contributed by atoms with Crippen LogP contribution in [-0.4, -0.2) is 23.6 Å². The minimum Gasteiger partial charge on any atom is -0.359 e. The molecule has 3 heteroatoms. The fraction of sp³-hybridized carbons (Fsp3) is 0.600. The average Bonchev–Trinajstić information content (AvgIpc) is 2.17. The van der Waals surface area contributed by atoms with Gasteiger partial charge in [0.05, 0.1) is 18.1 Å². The SMILES string of the molecule is CCN(C)c1cnc(C(C)C)cn1. The van der Waals surface area contributed by atoms with Crippen LogP contribution in [0.5, 0.6) is 0 Å². The predicted molar refractivity (Wildman–Crippen MR) is 55.1 cm³/mol. The van der Waals surface area contributed by atoms with E-state index < -0.39 is 0 Å². The molecule has 1 rings (SSSR count). The monoisotopic (exact) mass is 179 g/mol. The molecule has 72 valence electrons. The molecule has 3 nitrogen and oxygen atoms in total. The third-order valence-electron chi connectivity index (χ3n) is 2.12. The summed E-state index contributed by atoms with van der Waals surface area (Å²) in [4.78, 5) is 10.7. The normalized spacial score (nSPS) is 10.5. The van der Waals surface area contributed by atoms with E-state index in [4.69, 9.17) is 0 Å². The molecular weight excluding hydrogens is 162 g/mol. The highest BCUT2D eigenvalue weighted by molar-refractivity contribution is 5.34. The fourth-order valence-electron chi connectivity index (χ4n) is 0.988. The highest BCUT2D eigenvalue weighted by atomic mass is 15.2. The number of rotatable bonds is 3. The molecule has 0 saturated heterocycles. The Kier molecular flexibility index (Phi) is 3.23. The fourth-order valence-corrected chi connectivity index (χ4v) is 0.988. The summed E-state index contributed by atoms with van der Waals surface area (Å²) in [7, 11) is 2.01. The van der Waals surface area contributed by atoms with Crippen molar-refractivity contribution in [1.29, 1.82) is 0 Å². The number of hydrogen-bond donors (Lipinski definition) is 0. The molecule has 0 amide bonds. The minimum absolute atomic E-state index is 0.452. The van der Waals surface area contributed by atoms with Crippen LogP contribution < -0.4 is 4.90 Å². The number of aromatic nitrogens is 2. The lowest BCUT2D eigenvalue weighted by atomic mass is 10.1. The van der Waals surface area contributed by atoms with Gasteiger partial charge >= 0.3 is 0 Å². The highest BCUT2D eigenvalue weighted by Gasteiger charge is 2.03. The summed E-state index contributed by atoms with van der Waals surface area (Å²) in [5, 5.41) is 0. The van der Waals surface area contributed by atoms with Gasteiger partial charge in [-0.1, -0.05) is 13.8 Å². The van der Waals surface area contributed by atoms with Crippen LogP contribution in [-0.2, 0) is 0 Å². The van der Waals surface area contributed by atoms with E-state index >= 15 is 0 Å². The zero-order chi connectivity index (χ0) is 9.84. The van der Waals surface area contributed by atoms with E-state index in [0.29, 0.717) is 5.92 Å². The second kappa shape index (κ2) is 4.21. The molecule has 0 aliphatic carbocycles. The van der Waals surface area contributed by atoms with Gasteiger partial charge in [-0.25, -0.2) is 4.98 Å². The first-order chi connectivity index (χ1) is 6.15. The van der Waals surface area contributed by atoms with Crippen LogP contribution in [0.15, 0.2) is 12.4 Å². The van der Waals surface area contributed by atoms with Gasteiger partial charge in [-0.15, -0.1) is 0 Å². The van der Waals surface area contributed by atoms with Gasteiger partial charge in [-0.05, 0) is 12.8 Å². The smallest absolute Gasteiger partial charge is 0.146 e. The maximum atomic E-state index is 4.34. The standard InChI is InChI=1S/C10H17N3/c1-5-13(4)10-7-11-9(6-12-10)8(2)3/h6-8H,5H2,1-4H3. The Balaban J connectivity index is 2.81. The van der Waals surface area contributed by atoms with Crippen LogP contribution in [0.1, 0.15) is 32.4 Å². The lowest BCUT2D eigenvalue weighted by Crippen LogP contribution is -2.17. The molecule has 0 spiro atoms. The molecule has 0 bridgehead atoms. The van der Waals surface area contributed by atoms with Crippen LogP contribution >= 0.6 is 0 Å². The third kappa shape index (κ3) is 2.41. The van der Waals surface area contributed by atoms with Crippen molar-refractivity contribution >= 4 is 5.82 Å². The summed E-state index contributed by atoms with van der Waals surface area (Å²) >= 11 is 0. The second-order valence-corrected chi connectivity index (χ2v) is 3.47. The quantitative estimate of drug-likeness (QED) is 0.711. The molecule has 0 radical (unpaired) electrons. The summed E-state index contributed by atoms with van der Waals surface area (Å²) in [5.74, 6) is 1.39. The van der Waals surface area contributed by atoms with E-state index in [0.717, 1.165) is 18.1 Å². The van der Waals surface area contributed by atoms with Crippen LogP contribution in [0.2, 0.25) is 0 Å². The lowest BCUT2D eigenvalue weighted by Gasteiger charge is -2.15. The summed E-state index contributed by atoms with van der Waals surface area (Å²) in [6.45, 7) is 7.29. The topological polar surface area (TPSA) is 29.0 Å². The Labute approximate surface area is 79.8 Å². The molecule has 1 aromatic rings. The van der Waals surface area contributed by atoms with Crippen LogP contribution in [0.3, 0.4) is 0 Å². The molecule has 0 fully saturated rings. The van der Waals surface area contributed by atoms with E-state index in [2.05, 4.69) is 35.6 Å². The molecule has 1 heterocycles. The molecule has 0 atom stereocenters. The van der Waals surface area contributed by atoms with Gasteiger partial charge in [0.15, 0.2) is 0 Å². The van der Waals surface area contributed by atoms with E-state index in [1.165, 1.54) is 0 Å². The van der Waals surface area contributed by atoms with Gasteiger partial charge in [-0.3, -0.25) is 4.98 Å². The van der Waals surface area contributed by atoms with Gasteiger partial charge in [0.1, 0.15) is 5.82 Å². The minimum atomic E-state index is 0.452. The van der Waals surface area contributed by atoms with Crippen molar-refractivity contribution < 1.29 is 0 Å². The molecule has 1 aromatic heterocycles. The summed E-state index contributed by atoms with van der Waals surface area (Å²) in [6, 6.07) is 0. The second-order valence-electron chi connectivity index (χ2n) is 3.47. The first kappa shape index (κ1) is 9.96. The maximum absolute atomic E-state index is 4.34. The van der Waals surface area contributed by atoms with E-state index in [1.54, 1.807) is 0 Å². The van der Waals surface area contributed by atoms with Crippen molar-refractivity contribution in [2.75, 3.05) is 18.5 Å². The first-order valence-corrected chi connectivity index (χ1v) is 4.68. The molecule has 0 aliphatic rings. The Morgan fingerprint density at radius 3 is 2.38 bits per heavy atom. The predicted octanol–water partition coefficient (Wildman–Crippen LogP) is 2.06. The van der Waals surface area contributed by atoms with E-state index in [1.807, 2.05) is 19.4 Å². The molecular formula is C10H17N3. The average molecular weight is 179 g/mol. The van der Waals surface area contributed by atoms with Gasteiger partial charge in [-0.2, -0.15) is 0 Å². The molecule has 0 aliphatic heterocycles. The van der Waals surface area contributed by atoms with Crippen molar-refractivity contribution in [2.45, 2.75) is 26.7 Å². The Morgan fingerprint density at radius 2 is 2.00 bits per heavy atom. The zero-order valence-electron chi connectivity index (χ0n) is 8.78. The van der Waals surface area contributed by atoms with E-state index in [9.17, 15) is 0 Å². The molecule has 0 aromatic carbocycles. The summed E-state index contributed by atoms with van der Waals surface area (Å²) < 4.78 is 0. The maximum Gasteiger partial charge on any atom is 0.146 e. The Hall–Kier alpha value is -1.12. The first-order valence-electron chi connectivity index (χ1n) is 4.68. The zero-order valence-corrected chi connectivity index (χ0v) is 8.78. The summed E-state index contributed by atoms with van der Waals surface area (Å²) in [5.41, 5.74) is 1.05. The van der Waals surface area contributed by atoms with Crippen molar-refractivity contribution in [1.82, 2.24) is 9.97 Å². The number of anilines is 1. The molecule has 0 unspecified atom stereocenters. The third-order valence-corrected chi connectivity index (χ3v) is 2.12. The number of nitrogens with zero attached hydrogens (tertiary/aromatic N) is 3. The van der Waals surface area contributed by atoms with Crippen molar-refractivity contribution in [3.8, 4) is 0 Å². The largest absolute Gasteiger partial charge is 0.359 e. The number of hydrogen-bond acceptors (Lipinski definition) is 3. The van der Waals surface area contributed by atoms with Gasteiger partial charge in [0.25, 0.3) is 0 Å². The lowest BCUT2D eigenvalue weighted by molar-refractivity contribution is 0.805. The van der Waals surface area contributed by atoms with Crippen LogP contribution in [0.25, 0.3) is 0 Å². The highest BCUT2D eigenvalue weighted by Crippen LogP contribution is 2.12. The summed E-state index contributed by atoms with van der Waals surface area (Å²) in [6.07, 6.45) is 3.69. The molecule has 13 heavy (non-hydrogen) atoms.